The minimum Gasteiger partial charge on any atom is -0.495 e. The summed E-state index contributed by atoms with van der Waals surface area (Å²) in [5.41, 5.74) is 0.0927. The molecule has 0 atom stereocenters. The zero-order chi connectivity index (χ0) is 24.7. The summed E-state index contributed by atoms with van der Waals surface area (Å²) in [6.07, 6.45) is 2.49. The number of amides is 1. The number of carbonyl (C=O) groups is 2. The molecule has 1 saturated heterocycles. The van der Waals surface area contributed by atoms with Gasteiger partial charge in [0.15, 0.2) is 6.61 Å². The van der Waals surface area contributed by atoms with E-state index < -0.39 is 35.1 Å². The third kappa shape index (κ3) is 6.41. The van der Waals surface area contributed by atoms with Gasteiger partial charge >= 0.3 is 12.6 Å². The van der Waals surface area contributed by atoms with E-state index in [-0.39, 0.29) is 27.6 Å². The number of sulfonamides is 1. The highest BCUT2D eigenvalue weighted by Crippen LogP contribution is 2.31. The lowest BCUT2D eigenvalue weighted by atomic mass is 10.2. The molecule has 0 radical (unpaired) electrons. The number of alkyl halides is 2. The van der Waals surface area contributed by atoms with Gasteiger partial charge < -0.3 is 19.5 Å². The molecule has 1 N–H and O–H groups in total. The van der Waals surface area contributed by atoms with Gasteiger partial charge in [0, 0.05) is 18.8 Å². The molecular formula is C22H24F2N2O7S. The maximum absolute atomic E-state index is 13.1. The molecule has 0 unspecified atom stereocenters. The number of benzene rings is 2. The molecule has 12 heteroatoms. The van der Waals surface area contributed by atoms with Crippen LogP contribution in [-0.2, 0) is 19.6 Å². The molecule has 2 aromatic carbocycles. The van der Waals surface area contributed by atoms with Crippen molar-refractivity contribution in [2.45, 2.75) is 30.8 Å². The van der Waals surface area contributed by atoms with Crippen LogP contribution in [0.15, 0.2) is 47.4 Å². The Bertz CT molecular complexity index is 1140. The molecule has 1 heterocycles. The fourth-order valence-electron chi connectivity index (χ4n) is 3.41. The molecule has 2 aromatic rings. The van der Waals surface area contributed by atoms with Crippen LogP contribution in [-0.4, -0.2) is 58.0 Å². The molecule has 3 rings (SSSR count). The Balaban J connectivity index is 1.66. The second kappa shape index (κ2) is 11.3. The summed E-state index contributed by atoms with van der Waals surface area (Å²) in [6, 6.07) is 9.12. The number of anilines is 1. The van der Waals surface area contributed by atoms with Gasteiger partial charge in [-0.25, -0.2) is 13.2 Å². The molecule has 0 aliphatic carbocycles. The highest BCUT2D eigenvalue weighted by atomic mass is 32.2. The van der Waals surface area contributed by atoms with Crippen molar-refractivity contribution in [2.75, 3.05) is 32.1 Å². The maximum atomic E-state index is 13.1. The van der Waals surface area contributed by atoms with Crippen LogP contribution in [0.2, 0.25) is 0 Å². The van der Waals surface area contributed by atoms with E-state index in [2.05, 4.69) is 10.1 Å². The summed E-state index contributed by atoms with van der Waals surface area (Å²) in [6.45, 7) is -2.92. The van der Waals surface area contributed by atoms with Crippen LogP contribution in [0, 0.1) is 0 Å². The Morgan fingerprint density at radius 3 is 2.50 bits per heavy atom. The van der Waals surface area contributed by atoms with E-state index in [1.807, 2.05) is 0 Å². The average molecular weight is 499 g/mol. The number of ether oxygens (including phenoxy) is 3. The number of halogens is 2. The molecule has 1 aliphatic heterocycles. The minimum atomic E-state index is -3.83. The van der Waals surface area contributed by atoms with E-state index >= 15 is 0 Å². The number of esters is 1. The number of nitrogens with zero attached hydrogens (tertiary/aromatic N) is 1. The van der Waals surface area contributed by atoms with E-state index in [0.717, 1.165) is 25.3 Å². The van der Waals surface area contributed by atoms with Gasteiger partial charge in [-0.1, -0.05) is 12.5 Å². The number of carbonyl (C=O) groups excluding carboxylic acids is 2. The molecule has 0 spiro atoms. The van der Waals surface area contributed by atoms with Gasteiger partial charge in [-0.2, -0.15) is 13.1 Å². The number of piperidine rings is 1. The lowest BCUT2D eigenvalue weighted by Gasteiger charge is -2.26. The van der Waals surface area contributed by atoms with Crippen LogP contribution in [0.25, 0.3) is 0 Å². The fourth-order valence-corrected chi connectivity index (χ4v) is 5.11. The van der Waals surface area contributed by atoms with Gasteiger partial charge in [0.25, 0.3) is 5.91 Å². The van der Waals surface area contributed by atoms with Gasteiger partial charge in [0.05, 0.1) is 12.7 Å². The van der Waals surface area contributed by atoms with Gasteiger partial charge in [-0.3, -0.25) is 4.79 Å². The molecule has 0 aromatic heterocycles. The SMILES string of the molecule is COc1ccc(NC(=O)COC(=O)c2cccc(OC(F)F)c2)cc1S(=O)(=O)N1CCCCC1. The lowest BCUT2D eigenvalue weighted by Crippen LogP contribution is -2.35. The van der Waals surface area contributed by atoms with Crippen molar-refractivity contribution in [3.63, 3.8) is 0 Å². The van der Waals surface area contributed by atoms with E-state index in [0.29, 0.717) is 13.1 Å². The van der Waals surface area contributed by atoms with Crippen molar-refractivity contribution >= 4 is 27.6 Å². The highest BCUT2D eigenvalue weighted by Gasteiger charge is 2.29. The van der Waals surface area contributed by atoms with Crippen molar-refractivity contribution in [3.05, 3.63) is 48.0 Å². The first-order chi connectivity index (χ1) is 16.2. The predicted molar refractivity (Wildman–Crippen MR) is 118 cm³/mol. The first-order valence-corrected chi connectivity index (χ1v) is 11.8. The van der Waals surface area contributed by atoms with Gasteiger partial charge in [0.2, 0.25) is 10.0 Å². The number of hydrogen-bond donors (Lipinski definition) is 1. The van der Waals surface area contributed by atoms with Gasteiger partial charge in [-0.15, -0.1) is 0 Å². The van der Waals surface area contributed by atoms with Crippen molar-refractivity contribution in [2.24, 2.45) is 0 Å². The van der Waals surface area contributed by atoms with Gasteiger partial charge in [0.1, 0.15) is 16.4 Å². The van der Waals surface area contributed by atoms with Gasteiger partial charge in [-0.05, 0) is 49.2 Å². The Hall–Kier alpha value is -3.25. The Kier molecular flexibility index (Phi) is 8.40. The van der Waals surface area contributed by atoms with E-state index in [1.165, 1.54) is 47.8 Å². The van der Waals surface area contributed by atoms with Crippen molar-refractivity contribution in [1.29, 1.82) is 0 Å². The standard InChI is InChI=1S/C22H24F2N2O7S/c1-31-18-9-8-16(13-19(18)34(29,30)26-10-3-2-4-11-26)25-20(27)14-32-21(28)15-6-5-7-17(12-15)33-22(23)24/h5-9,12-13,22H,2-4,10-11,14H2,1H3,(H,25,27). The largest absolute Gasteiger partial charge is 0.495 e. The third-order valence-corrected chi connectivity index (χ3v) is 6.93. The first kappa shape index (κ1) is 25.4. The van der Waals surface area contributed by atoms with Crippen LogP contribution >= 0.6 is 0 Å². The maximum Gasteiger partial charge on any atom is 0.387 e. The summed E-state index contributed by atoms with van der Waals surface area (Å²) in [4.78, 5) is 24.3. The molecular weight excluding hydrogens is 474 g/mol. The zero-order valence-electron chi connectivity index (χ0n) is 18.3. The minimum absolute atomic E-state index is 0.0784. The quantitative estimate of drug-likeness (QED) is 0.528. The average Bonchev–Trinajstić information content (AvgIpc) is 2.82. The normalized spacial score (nSPS) is 14.5. The summed E-state index contributed by atoms with van der Waals surface area (Å²) in [7, 11) is -2.48. The molecule has 0 saturated carbocycles. The van der Waals surface area contributed by atoms with Crippen LogP contribution < -0.4 is 14.8 Å². The second-order valence-corrected chi connectivity index (χ2v) is 9.27. The second-order valence-electron chi connectivity index (χ2n) is 7.36. The summed E-state index contributed by atoms with van der Waals surface area (Å²) in [5.74, 6) is -1.73. The van der Waals surface area contributed by atoms with Crippen molar-refractivity contribution in [1.82, 2.24) is 4.31 Å². The molecule has 34 heavy (non-hydrogen) atoms. The van der Waals surface area contributed by atoms with Crippen LogP contribution in [0.3, 0.4) is 0 Å². The molecule has 1 aliphatic rings. The van der Waals surface area contributed by atoms with E-state index in [9.17, 15) is 26.8 Å². The summed E-state index contributed by atoms with van der Waals surface area (Å²) >= 11 is 0. The van der Waals surface area contributed by atoms with Crippen LogP contribution in [0.4, 0.5) is 14.5 Å². The highest BCUT2D eigenvalue weighted by molar-refractivity contribution is 7.89. The third-order valence-electron chi connectivity index (χ3n) is 5.01. The fraction of sp³-hybridized carbons (Fsp3) is 0.364. The number of methoxy groups -OCH3 is 1. The summed E-state index contributed by atoms with van der Waals surface area (Å²) < 4.78 is 66.5. The van der Waals surface area contributed by atoms with Crippen molar-refractivity contribution in [3.8, 4) is 11.5 Å². The molecule has 0 bridgehead atoms. The Morgan fingerprint density at radius 2 is 1.82 bits per heavy atom. The Morgan fingerprint density at radius 1 is 1.09 bits per heavy atom. The zero-order valence-corrected chi connectivity index (χ0v) is 19.1. The topological polar surface area (TPSA) is 111 Å². The van der Waals surface area contributed by atoms with Crippen LogP contribution in [0.5, 0.6) is 11.5 Å². The molecule has 1 fully saturated rings. The van der Waals surface area contributed by atoms with E-state index in [1.54, 1.807) is 0 Å². The Labute approximate surface area is 195 Å². The lowest BCUT2D eigenvalue weighted by molar-refractivity contribution is -0.119. The first-order valence-electron chi connectivity index (χ1n) is 10.4. The number of nitrogens with one attached hydrogen (secondary N) is 1. The molecule has 184 valence electrons. The van der Waals surface area contributed by atoms with Crippen molar-refractivity contribution < 1.29 is 41.0 Å². The smallest absolute Gasteiger partial charge is 0.387 e. The van der Waals surface area contributed by atoms with Crippen LogP contribution in [0.1, 0.15) is 29.6 Å². The number of rotatable bonds is 9. The number of hydrogen-bond acceptors (Lipinski definition) is 7. The monoisotopic (exact) mass is 498 g/mol. The molecule has 9 nitrogen and oxygen atoms in total. The molecule has 1 amide bonds. The van der Waals surface area contributed by atoms with E-state index in [4.69, 9.17) is 9.47 Å². The predicted octanol–water partition coefficient (Wildman–Crippen LogP) is 3.27. The summed E-state index contributed by atoms with van der Waals surface area (Å²) in [5, 5.41) is 2.47.